The Kier molecular flexibility index (Phi) is 15.5. The van der Waals surface area contributed by atoms with Crippen LogP contribution in [-0.4, -0.2) is 26.2 Å². The van der Waals surface area contributed by atoms with E-state index in [9.17, 15) is 0 Å². The van der Waals surface area contributed by atoms with E-state index in [1.807, 2.05) is 67.2 Å². The van der Waals surface area contributed by atoms with Gasteiger partial charge in [-0.25, -0.2) is 0 Å². The van der Waals surface area contributed by atoms with E-state index in [0.717, 1.165) is 81.6 Å². The van der Waals surface area contributed by atoms with E-state index in [1.165, 1.54) is 0 Å². The first-order valence-corrected chi connectivity index (χ1v) is 23.6. The van der Waals surface area contributed by atoms with Crippen molar-refractivity contribution in [2.24, 2.45) is 7.05 Å². The minimum atomic E-state index is 0. The third-order valence-corrected chi connectivity index (χ3v) is 13.3. The topological polar surface area (TPSA) is 122 Å². The van der Waals surface area contributed by atoms with Gasteiger partial charge in [-0.2, -0.15) is 14.7 Å². The molecule has 8 aromatic rings. The zero-order chi connectivity index (χ0) is 48.1. The molecule has 0 spiro atoms. The van der Waals surface area contributed by atoms with E-state index in [-0.39, 0.29) is 30.8 Å². The maximum atomic E-state index is 8.12. The van der Waals surface area contributed by atoms with Crippen LogP contribution in [0.25, 0.3) is 51.6 Å². The maximum absolute atomic E-state index is 8.12. The molecular formula is C52H56Cl6N4O6. The van der Waals surface area contributed by atoms with Gasteiger partial charge in [0.25, 0.3) is 0 Å². The molecular weight excluding hydrogens is 989 g/mol. The molecule has 10 rings (SSSR count). The second-order valence-corrected chi connectivity index (χ2v) is 18.5. The summed E-state index contributed by atoms with van der Waals surface area (Å²) in [6.07, 6.45) is 10.3. The fourth-order valence-corrected chi connectivity index (χ4v) is 9.28. The molecule has 10 nitrogen and oxygen atoms in total. The van der Waals surface area contributed by atoms with Crippen molar-refractivity contribution in [1.29, 1.82) is 0 Å². The largest absolute Gasteiger partial charge is 0.489 e. The molecule has 0 radical (unpaired) electrons. The molecule has 0 unspecified atom stereocenters. The van der Waals surface area contributed by atoms with E-state index >= 15 is 0 Å². The predicted molar refractivity (Wildman–Crippen MR) is 286 cm³/mol. The number of ether oxygens (including phenoxy) is 2. The van der Waals surface area contributed by atoms with Crippen molar-refractivity contribution in [2.75, 3.05) is 0 Å². The van der Waals surface area contributed by atoms with Crippen LogP contribution >= 0.6 is 69.6 Å². The van der Waals surface area contributed by atoms with E-state index in [4.69, 9.17) is 97.7 Å². The Balaban J connectivity index is 0.00000133. The van der Waals surface area contributed by atoms with Crippen LogP contribution in [0, 0.1) is 6.92 Å². The molecule has 0 amide bonds. The van der Waals surface area contributed by atoms with Gasteiger partial charge in [-0.3, -0.25) is 4.68 Å². The van der Waals surface area contributed by atoms with Crippen LogP contribution in [0.1, 0.15) is 94.0 Å². The normalized spacial score (nSPS) is 13.1. The lowest BCUT2D eigenvalue weighted by Gasteiger charge is -2.10. The van der Waals surface area contributed by atoms with Crippen LogP contribution in [0.3, 0.4) is 0 Å². The molecule has 2 aliphatic rings. The number of hydrogen-bond donors (Lipinski definition) is 0. The summed E-state index contributed by atoms with van der Waals surface area (Å²) in [5, 5.41) is 17.5. The van der Waals surface area contributed by atoms with Gasteiger partial charge in [0.05, 0.1) is 52.5 Å². The molecule has 0 aliphatic heterocycles. The lowest BCUT2D eigenvalue weighted by atomic mass is 10.0. The highest BCUT2D eigenvalue weighted by atomic mass is 35.5. The summed E-state index contributed by atoms with van der Waals surface area (Å²) in [6, 6.07) is 28.2. The molecule has 5 aromatic carbocycles. The fourth-order valence-electron chi connectivity index (χ4n) is 7.65. The second kappa shape index (κ2) is 21.6. The van der Waals surface area contributed by atoms with Gasteiger partial charge in [0, 0.05) is 46.8 Å². The van der Waals surface area contributed by atoms with Crippen LogP contribution in [0.2, 0.25) is 30.1 Å². The van der Waals surface area contributed by atoms with Crippen LogP contribution in [-0.2, 0) is 29.9 Å². The number of carbonyl (C=O) groups excluding carboxylic acids is 2. The van der Waals surface area contributed by atoms with Crippen LogP contribution in [0.5, 0.6) is 11.5 Å². The molecule has 68 heavy (non-hydrogen) atoms. The third-order valence-electron chi connectivity index (χ3n) is 11.4. The highest BCUT2D eigenvalue weighted by Crippen LogP contribution is 2.48. The summed E-state index contributed by atoms with van der Waals surface area (Å²) < 4.78 is 25.4. The van der Waals surface area contributed by atoms with Crippen molar-refractivity contribution in [1.82, 2.24) is 20.1 Å². The number of rotatable bonds is 13. The molecule has 2 fully saturated rings. The Morgan fingerprint density at radius 2 is 1.15 bits per heavy atom. The summed E-state index contributed by atoms with van der Waals surface area (Å²) in [7, 11) is 1.96. The Labute approximate surface area is 433 Å². The average Bonchev–Trinajstić information content (AvgIpc) is 4.25. The van der Waals surface area contributed by atoms with E-state index in [1.54, 1.807) is 42.5 Å². The molecule has 362 valence electrons. The monoisotopic (exact) mass is 1040 g/mol. The first-order chi connectivity index (χ1) is 32.9. The first-order valence-electron chi connectivity index (χ1n) is 21.3. The molecule has 0 bridgehead atoms. The summed E-state index contributed by atoms with van der Waals surface area (Å²) in [6.45, 7) is 6.31. The molecule has 0 atom stereocenters. The van der Waals surface area contributed by atoms with Gasteiger partial charge >= 0.3 is 6.15 Å². The Hall–Kier alpha value is -5.81. The average molecular weight is 1050 g/mol. The molecule has 0 N–H and O–H groups in total. The molecule has 2 aliphatic carbocycles. The molecule has 16 heteroatoms. The van der Waals surface area contributed by atoms with Crippen LogP contribution in [0.15, 0.2) is 107 Å². The zero-order valence-corrected chi connectivity index (χ0v) is 41.0. The van der Waals surface area contributed by atoms with Gasteiger partial charge in [-0.05, 0) is 116 Å². The minimum absolute atomic E-state index is 0. The standard InChI is InChI=1S/C30H24Cl3N3O2.C21H16Cl3NO2.CO2.8H2/c1-17-22-13-7-18(14-27(22)36(2)34-17)6-8-19-11-12-21(15-26(19)33)37-16-23-29(35-38-30(23)20-9-10-20)28-24(31)4-3-5-25(28)32;1-2-12-8-9-14(10-18(12)24)26-11-15-20(25-27-21(15)13-6-7-13)19-16(22)4-3-5-17(19)23;2-1-3;;;;;;;;/h3-8,11-15,20H,9-10,16H2,1-2H3;2-5,8-10,13H,1,6-7,11H2;;8*1H/b8-6+;;;;;;;;;;. The van der Waals surface area contributed by atoms with E-state index < -0.39 is 0 Å². The van der Waals surface area contributed by atoms with Gasteiger partial charge < -0.3 is 18.5 Å². The lowest BCUT2D eigenvalue weighted by molar-refractivity contribution is -0.191. The SMILES string of the molecule is C=Cc1ccc(OCc2c(-c3c(Cl)cccc3Cl)noc2C2CC2)cc1Cl.Cc1nn(C)c2cc(/C=C/c3ccc(OCc4c(-c5c(Cl)cccc5Cl)noc4C4CC4)cc3Cl)ccc12.O=C=O.[HH].[HH].[HH].[HH].[HH].[HH].[HH].[HH]. The van der Waals surface area contributed by atoms with Crippen LogP contribution < -0.4 is 9.47 Å². The van der Waals surface area contributed by atoms with Crippen molar-refractivity contribution in [3.8, 4) is 34.0 Å². The quantitative estimate of drug-likeness (QED) is 0.104. The summed E-state index contributed by atoms with van der Waals surface area (Å²) >= 11 is 38.6. The van der Waals surface area contributed by atoms with E-state index in [2.05, 4.69) is 40.2 Å². The minimum Gasteiger partial charge on any atom is -0.489 e. The van der Waals surface area contributed by atoms with Crippen molar-refractivity contribution < 1.29 is 39.5 Å². The van der Waals surface area contributed by atoms with Gasteiger partial charge in [-0.15, -0.1) is 0 Å². The summed E-state index contributed by atoms with van der Waals surface area (Å²) in [5.41, 5.74) is 9.24. The highest BCUT2D eigenvalue weighted by Gasteiger charge is 2.35. The molecule has 3 heterocycles. The van der Waals surface area contributed by atoms with Crippen molar-refractivity contribution in [3.05, 3.63) is 173 Å². The van der Waals surface area contributed by atoms with Gasteiger partial charge in [0.1, 0.15) is 47.6 Å². The van der Waals surface area contributed by atoms with Crippen molar-refractivity contribution in [3.63, 3.8) is 0 Å². The van der Waals surface area contributed by atoms with E-state index in [0.29, 0.717) is 76.0 Å². The van der Waals surface area contributed by atoms with Crippen LogP contribution in [0.4, 0.5) is 0 Å². The number of halogens is 6. The number of aromatic nitrogens is 4. The maximum Gasteiger partial charge on any atom is 0.373 e. The number of nitrogens with zero attached hydrogens (tertiary/aromatic N) is 4. The number of hydrogen-bond acceptors (Lipinski definition) is 9. The Bertz CT molecular complexity index is 3210. The molecule has 3 aromatic heterocycles. The third kappa shape index (κ3) is 11.0. The zero-order valence-electron chi connectivity index (χ0n) is 36.5. The number of benzene rings is 5. The smallest absolute Gasteiger partial charge is 0.373 e. The molecule has 2 saturated carbocycles. The molecule has 0 saturated heterocycles. The lowest BCUT2D eigenvalue weighted by Crippen LogP contribution is -2.00. The summed E-state index contributed by atoms with van der Waals surface area (Å²) in [4.78, 5) is 16.2. The second-order valence-electron chi connectivity index (χ2n) is 16.0. The fraction of sp³-hybridized carbons (Fsp3) is 0.192. The predicted octanol–water partition coefficient (Wildman–Crippen LogP) is 17.9. The first kappa shape index (κ1) is 48.6. The summed E-state index contributed by atoms with van der Waals surface area (Å²) in [5.74, 6) is 3.71. The van der Waals surface area contributed by atoms with Gasteiger partial charge in [0.15, 0.2) is 0 Å². The Morgan fingerprint density at radius 1 is 0.676 bits per heavy atom. The van der Waals surface area contributed by atoms with Crippen molar-refractivity contribution >= 4 is 105 Å². The van der Waals surface area contributed by atoms with Crippen molar-refractivity contribution in [2.45, 2.75) is 57.7 Å². The number of aryl methyl sites for hydroxylation is 2. The highest BCUT2D eigenvalue weighted by molar-refractivity contribution is 6.40. The Morgan fingerprint density at radius 3 is 1.59 bits per heavy atom. The number of fused-ring (bicyclic) bond motifs is 1. The van der Waals surface area contributed by atoms with Gasteiger partial charge in [-0.1, -0.05) is 129 Å². The van der Waals surface area contributed by atoms with Gasteiger partial charge in [0.2, 0.25) is 0 Å².